The van der Waals surface area contributed by atoms with Crippen LogP contribution in [0.3, 0.4) is 0 Å². The van der Waals surface area contributed by atoms with E-state index in [0.29, 0.717) is 31.1 Å². The fourth-order valence-electron chi connectivity index (χ4n) is 1.64. The Hall–Kier alpha value is -1.91. The molecule has 0 bridgehead atoms. The van der Waals surface area contributed by atoms with E-state index in [1.807, 2.05) is 19.1 Å². The second-order valence-corrected chi connectivity index (χ2v) is 3.96. The number of nitrogens with one attached hydrogen (secondary N) is 1. The average Bonchev–Trinajstić information content (AvgIpc) is 2.82. The molecule has 2 rings (SSSR count). The van der Waals surface area contributed by atoms with Gasteiger partial charge in [-0.3, -0.25) is 4.79 Å². The van der Waals surface area contributed by atoms with E-state index in [1.165, 1.54) is 0 Å². The van der Waals surface area contributed by atoms with Crippen LogP contribution in [0.2, 0.25) is 0 Å². The predicted octanol–water partition coefficient (Wildman–Crippen LogP) is 1.71. The largest absolute Gasteiger partial charge is 0.492 e. The highest BCUT2D eigenvalue weighted by Crippen LogP contribution is 2.34. The number of carbonyl (C=O) groups excluding carboxylic acids is 1. The Balaban J connectivity index is 1.72. The van der Waals surface area contributed by atoms with Crippen molar-refractivity contribution in [1.82, 2.24) is 5.32 Å². The molecule has 1 amide bonds. The Bertz CT molecular complexity index is 419. The Morgan fingerprint density at radius 3 is 3.06 bits per heavy atom. The summed E-state index contributed by atoms with van der Waals surface area (Å²) < 4.78 is 16.0. The lowest BCUT2D eigenvalue weighted by atomic mass is 10.3. The first-order valence-electron chi connectivity index (χ1n) is 6.08. The molecular weight excluding hydrogens is 234 g/mol. The molecule has 0 spiro atoms. The lowest BCUT2D eigenvalue weighted by Crippen LogP contribution is -2.27. The highest BCUT2D eigenvalue weighted by atomic mass is 16.7. The van der Waals surface area contributed by atoms with Gasteiger partial charge in [0.05, 0.1) is 6.54 Å². The second-order valence-electron chi connectivity index (χ2n) is 3.96. The van der Waals surface area contributed by atoms with Crippen LogP contribution >= 0.6 is 0 Å². The fourth-order valence-corrected chi connectivity index (χ4v) is 1.64. The van der Waals surface area contributed by atoms with Crippen molar-refractivity contribution < 1.29 is 19.0 Å². The summed E-state index contributed by atoms with van der Waals surface area (Å²) in [4.78, 5) is 11.2. The predicted molar refractivity (Wildman–Crippen MR) is 66.0 cm³/mol. The Kier molecular flexibility index (Phi) is 4.28. The number of rotatable bonds is 6. The van der Waals surface area contributed by atoms with Crippen LogP contribution in [-0.2, 0) is 4.79 Å². The zero-order valence-corrected chi connectivity index (χ0v) is 10.4. The molecule has 5 heteroatoms. The van der Waals surface area contributed by atoms with Gasteiger partial charge >= 0.3 is 0 Å². The van der Waals surface area contributed by atoms with Crippen molar-refractivity contribution >= 4 is 5.91 Å². The van der Waals surface area contributed by atoms with Crippen LogP contribution in [0.1, 0.15) is 19.8 Å². The van der Waals surface area contributed by atoms with Crippen LogP contribution in [0.15, 0.2) is 18.2 Å². The molecule has 1 aromatic carbocycles. The molecular formula is C13H17NO4. The van der Waals surface area contributed by atoms with E-state index in [2.05, 4.69) is 5.32 Å². The summed E-state index contributed by atoms with van der Waals surface area (Å²) in [5, 5.41) is 2.79. The summed E-state index contributed by atoms with van der Waals surface area (Å²) in [7, 11) is 0. The summed E-state index contributed by atoms with van der Waals surface area (Å²) in [6, 6.07) is 5.42. The van der Waals surface area contributed by atoms with E-state index < -0.39 is 0 Å². The molecule has 1 N–H and O–H groups in total. The molecule has 0 saturated carbocycles. The number of carbonyl (C=O) groups is 1. The number of benzene rings is 1. The molecule has 1 heterocycles. The molecule has 0 aromatic heterocycles. The minimum Gasteiger partial charge on any atom is -0.492 e. The molecule has 1 aliphatic heterocycles. The molecule has 1 aromatic rings. The number of hydrogen-bond donors (Lipinski definition) is 1. The van der Waals surface area contributed by atoms with E-state index in [0.717, 1.165) is 12.2 Å². The van der Waals surface area contributed by atoms with Crippen molar-refractivity contribution in [2.24, 2.45) is 0 Å². The monoisotopic (exact) mass is 251 g/mol. The molecule has 0 atom stereocenters. The molecule has 18 heavy (non-hydrogen) atoms. The highest BCUT2D eigenvalue weighted by Gasteiger charge is 2.13. The maximum absolute atomic E-state index is 11.2. The lowest BCUT2D eigenvalue weighted by Gasteiger charge is -2.08. The standard InChI is InChI=1S/C13H17NO4/c1-2-3-13(15)14-6-7-16-10-4-5-11-12(8-10)18-9-17-11/h4-5,8H,2-3,6-7,9H2,1H3,(H,14,15). The van der Waals surface area contributed by atoms with Gasteiger partial charge in [-0.15, -0.1) is 0 Å². The first-order valence-corrected chi connectivity index (χ1v) is 6.08. The molecule has 98 valence electrons. The van der Waals surface area contributed by atoms with Crippen LogP contribution in [-0.4, -0.2) is 25.9 Å². The summed E-state index contributed by atoms with van der Waals surface area (Å²) >= 11 is 0. The maximum Gasteiger partial charge on any atom is 0.231 e. The third kappa shape index (κ3) is 3.29. The smallest absolute Gasteiger partial charge is 0.231 e. The van der Waals surface area contributed by atoms with Crippen molar-refractivity contribution in [3.8, 4) is 17.2 Å². The van der Waals surface area contributed by atoms with Gasteiger partial charge in [-0.25, -0.2) is 0 Å². The van der Waals surface area contributed by atoms with Gasteiger partial charge in [-0.2, -0.15) is 0 Å². The molecule has 0 radical (unpaired) electrons. The normalized spacial score (nSPS) is 12.3. The lowest BCUT2D eigenvalue weighted by molar-refractivity contribution is -0.121. The third-order valence-corrected chi connectivity index (χ3v) is 2.51. The third-order valence-electron chi connectivity index (χ3n) is 2.51. The maximum atomic E-state index is 11.2. The number of fused-ring (bicyclic) bond motifs is 1. The minimum atomic E-state index is 0.0618. The number of ether oxygens (including phenoxy) is 3. The van der Waals surface area contributed by atoms with Crippen LogP contribution in [0, 0.1) is 0 Å². The summed E-state index contributed by atoms with van der Waals surface area (Å²) in [6.45, 7) is 3.18. The van der Waals surface area contributed by atoms with Gasteiger partial charge in [0, 0.05) is 12.5 Å². The first-order chi connectivity index (χ1) is 8.79. The van der Waals surface area contributed by atoms with Crippen molar-refractivity contribution in [2.45, 2.75) is 19.8 Å². The first kappa shape index (κ1) is 12.5. The van der Waals surface area contributed by atoms with Gasteiger partial charge in [0.1, 0.15) is 12.4 Å². The van der Waals surface area contributed by atoms with Crippen LogP contribution in [0.5, 0.6) is 17.2 Å². The Labute approximate surface area is 106 Å². The van der Waals surface area contributed by atoms with Gasteiger partial charge in [0.25, 0.3) is 0 Å². The molecule has 0 saturated heterocycles. The summed E-state index contributed by atoms with van der Waals surface area (Å²) in [6.07, 6.45) is 1.42. The zero-order chi connectivity index (χ0) is 12.8. The van der Waals surface area contributed by atoms with Crippen LogP contribution in [0.25, 0.3) is 0 Å². The quantitative estimate of drug-likeness (QED) is 0.782. The van der Waals surface area contributed by atoms with Crippen molar-refractivity contribution in [1.29, 1.82) is 0 Å². The SMILES string of the molecule is CCCC(=O)NCCOc1ccc2c(c1)OCO2. The van der Waals surface area contributed by atoms with Crippen molar-refractivity contribution in [3.63, 3.8) is 0 Å². The molecule has 1 aliphatic rings. The molecule has 5 nitrogen and oxygen atoms in total. The zero-order valence-electron chi connectivity index (χ0n) is 10.4. The van der Waals surface area contributed by atoms with E-state index in [-0.39, 0.29) is 12.7 Å². The summed E-state index contributed by atoms with van der Waals surface area (Å²) in [5.41, 5.74) is 0. The molecule has 0 fully saturated rings. The molecule has 0 unspecified atom stereocenters. The van der Waals surface area contributed by atoms with Crippen molar-refractivity contribution in [2.75, 3.05) is 19.9 Å². The van der Waals surface area contributed by atoms with Gasteiger partial charge in [-0.05, 0) is 18.6 Å². The van der Waals surface area contributed by atoms with Gasteiger partial charge in [0.2, 0.25) is 12.7 Å². The van der Waals surface area contributed by atoms with E-state index in [4.69, 9.17) is 14.2 Å². The Morgan fingerprint density at radius 2 is 2.22 bits per heavy atom. The number of amides is 1. The van der Waals surface area contributed by atoms with Gasteiger partial charge < -0.3 is 19.5 Å². The fraction of sp³-hybridized carbons (Fsp3) is 0.462. The Morgan fingerprint density at radius 1 is 1.39 bits per heavy atom. The average molecular weight is 251 g/mol. The van der Waals surface area contributed by atoms with Crippen LogP contribution < -0.4 is 19.5 Å². The van der Waals surface area contributed by atoms with E-state index >= 15 is 0 Å². The summed E-state index contributed by atoms with van der Waals surface area (Å²) in [5.74, 6) is 2.21. The minimum absolute atomic E-state index is 0.0618. The molecule has 0 aliphatic carbocycles. The van der Waals surface area contributed by atoms with Crippen molar-refractivity contribution in [3.05, 3.63) is 18.2 Å². The van der Waals surface area contributed by atoms with Gasteiger partial charge in [0.15, 0.2) is 11.5 Å². The second kappa shape index (κ2) is 6.14. The van der Waals surface area contributed by atoms with E-state index in [1.54, 1.807) is 6.07 Å². The number of hydrogen-bond acceptors (Lipinski definition) is 4. The van der Waals surface area contributed by atoms with Crippen LogP contribution in [0.4, 0.5) is 0 Å². The van der Waals surface area contributed by atoms with Gasteiger partial charge in [-0.1, -0.05) is 6.92 Å². The topological polar surface area (TPSA) is 56.8 Å². The van der Waals surface area contributed by atoms with E-state index in [9.17, 15) is 4.79 Å². The highest BCUT2D eigenvalue weighted by molar-refractivity contribution is 5.75.